The third-order valence-corrected chi connectivity index (χ3v) is 3.31. The summed E-state index contributed by atoms with van der Waals surface area (Å²) in [6.45, 7) is -0.0727. The Morgan fingerprint density at radius 2 is 2.09 bits per heavy atom. The molecule has 0 unspecified atom stereocenters. The number of aromatic amines is 1. The van der Waals surface area contributed by atoms with Crippen molar-refractivity contribution < 1.29 is 19.4 Å². The number of rotatable bonds is 6. The van der Waals surface area contributed by atoms with Crippen LogP contribution in [0.3, 0.4) is 0 Å². The molecule has 0 aliphatic heterocycles. The SMILES string of the molecule is COc1ccc(OC)c([C@H](O)CNC(=O)c2ccc[nH]c2=O)c1. The van der Waals surface area contributed by atoms with E-state index in [-0.39, 0.29) is 12.1 Å². The van der Waals surface area contributed by atoms with Crippen LogP contribution in [0.5, 0.6) is 11.5 Å². The molecule has 0 saturated carbocycles. The lowest BCUT2D eigenvalue weighted by atomic mass is 10.1. The van der Waals surface area contributed by atoms with Crippen LogP contribution >= 0.6 is 0 Å². The normalized spacial score (nSPS) is 11.6. The van der Waals surface area contributed by atoms with E-state index in [0.29, 0.717) is 17.1 Å². The Morgan fingerprint density at radius 3 is 2.74 bits per heavy atom. The van der Waals surface area contributed by atoms with Crippen molar-refractivity contribution >= 4 is 5.91 Å². The molecule has 3 N–H and O–H groups in total. The third kappa shape index (κ3) is 3.89. The van der Waals surface area contributed by atoms with Crippen LogP contribution in [-0.4, -0.2) is 36.8 Å². The molecule has 2 aromatic rings. The number of pyridine rings is 1. The molecule has 122 valence electrons. The maximum atomic E-state index is 12.0. The number of carbonyl (C=O) groups is 1. The molecule has 1 aromatic carbocycles. The molecule has 0 fully saturated rings. The summed E-state index contributed by atoms with van der Waals surface area (Å²) < 4.78 is 10.3. The van der Waals surface area contributed by atoms with E-state index in [1.807, 2.05) is 0 Å². The summed E-state index contributed by atoms with van der Waals surface area (Å²) >= 11 is 0. The van der Waals surface area contributed by atoms with Gasteiger partial charge in [-0.3, -0.25) is 9.59 Å². The molecule has 0 aliphatic carbocycles. The Morgan fingerprint density at radius 1 is 1.30 bits per heavy atom. The summed E-state index contributed by atoms with van der Waals surface area (Å²) in [6, 6.07) is 7.97. The van der Waals surface area contributed by atoms with Crippen LogP contribution < -0.4 is 20.3 Å². The predicted molar refractivity (Wildman–Crippen MR) is 83.9 cm³/mol. The van der Waals surface area contributed by atoms with Crippen molar-refractivity contribution in [2.45, 2.75) is 6.10 Å². The van der Waals surface area contributed by atoms with Crippen molar-refractivity contribution in [3.63, 3.8) is 0 Å². The maximum absolute atomic E-state index is 12.0. The van der Waals surface area contributed by atoms with E-state index in [9.17, 15) is 14.7 Å². The van der Waals surface area contributed by atoms with Crippen LogP contribution in [0.2, 0.25) is 0 Å². The van der Waals surface area contributed by atoms with E-state index in [0.717, 1.165) is 0 Å². The van der Waals surface area contributed by atoms with Crippen LogP contribution in [0.15, 0.2) is 41.3 Å². The highest BCUT2D eigenvalue weighted by molar-refractivity contribution is 5.93. The summed E-state index contributed by atoms with van der Waals surface area (Å²) in [5.41, 5.74) is -0.0233. The van der Waals surface area contributed by atoms with Gasteiger partial charge in [-0.05, 0) is 30.3 Å². The van der Waals surface area contributed by atoms with Gasteiger partial charge in [-0.1, -0.05) is 0 Å². The van der Waals surface area contributed by atoms with Gasteiger partial charge in [0, 0.05) is 18.3 Å². The second kappa shape index (κ2) is 7.46. The number of methoxy groups -OCH3 is 2. The number of ether oxygens (including phenoxy) is 2. The third-order valence-electron chi connectivity index (χ3n) is 3.31. The van der Waals surface area contributed by atoms with Gasteiger partial charge in [-0.2, -0.15) is 0 Å². The fourth-order valence-electron chi connectivity index (χ4n) is 2.09. The minimum atomic E-state index is -1.01. The molecule has 0 bridgehead atoms. The van der Waals surface area contributed by atoms with Crippen LogP contribution in [-0.2, 0) is 0 Å². The molecule has 2 rings (SSSR count). The lowest BCUT2D eigenvalue weighted by Crippen LogP contribution is -2.32. The van der Waals surface area contributed by atoms with Gasteiger partial charge < -0.3 is 24.9 Å². The predicted octanol–water partition coefficient (Wildman–Crippen LogP) is 0.855. The average Bonchev–Trinajstić information content (AvgIpc) is 2.59. The number of H-pyrrole nitrogens is 1. The molecule has 1 heterocycles. The molecule has 0 saturated heterocycles. The first-order valence-corrected chi connectivity index (χ1v) is 6.92. The number of hydrogen-bond acceptors (Lipinski definition) is 5. The number of nitrogens with one attached hydrogen (secondary N) is 2. The lowest BCUT2D eigenvalue weighted by molar-refractivity contribution is 0.0913. The number of aliphatic hydroxyl groups is 1. The van der Waals surface area contributed by atoms with Gasteiger partial charge in [-0.15, -0.1) is 0 Å². The first-order valence-electron chi connectivity index (χ1n) is 6.92. The first-order chi connectivity index (χ1) is 11.1. The summed E-state index contributed by atoms with van der Waals surface area (Å²) in [4.78, 5) is 25.9. The van der Waals surface area contributed by atoms with E-state index in [1.165, 1.54) is 26.5 Å². The van der Waals surface area contributed by atoms with Crippen LogP contribution in [0.1, 0.15) is 22.0 Å². The highest BCUT2D eigenvalue weighted by atomic mass is 16.5. The molecule has 23 heavy (non-hydrogen) atoms. The van der Waals surface area contributed by atoms with Crippen molar-refractivity contribution in [1.29, 1.82) is 0 Å². The minimum absolute atomic E-state index is 0.0164. The quantitative estimate of drug-likeness (QED) is 0.733. The van der Waals surface area contributed by atoms with Gasteiger partial charge >= 0.3 is 0 Å². The van der Waals surface area contributed by atoms with E-state index >= 15 is 0 Å². The van der Waals surface area contributed by atoms with E-state index < -0.39 is 17.6 Å². The zero-order valence-corrected chi connectivity index (χ0v) is 12.8. The molecular formula is C16H18N2O5. The Bertz CT molecular complexity index is 741. The maximum Gasteiger partial charge on any atom is 0.260 e. The van der Waals surface area contributed by atoms with Gasteiger partial charge in [0.2, 0.25) is 0 Å². The average molecular weight is 318 g/mol. The Hall–Kier alpha value is -2.80. The standard InChI is InChI=1S/C16H18N2O5/c1-22-10-5-6-14(23-2)12(8-10)13(19)9-18-16(21)11-4-3-7-17-15(11)20/h3-8,13,19H,9H2,1-2H3,(H,17,20)(H,18,21)/t13-/m1/s1. The Labute approximate surface area is 132 Å². The van der Waals surface area contributed by atoms with Gasteiger partial charge in [0.25, 0.3) is 11.5 Å². The van der Waals surface area contributed by atoms with Crippen molar-refractivity contribution in [2.24, 2.45) is 0 Å². The van der Waals surface area contributed by atoms with Crippen molar-refractivity contribution in [2.75, 3.05) is 20.8 Å². The number of hydrogen-bond donors (Lipinski definition) is 3. The highest BCUT2D eigenvalue weighted by Crippen LogP contribution is 2.29. The van der Waals surface area contributed by atoms with Crippen LogP contribution in [0.4, 0.5) is 0 Å². The number of aromatic nitrogens is 1. The number of aliphatic hydroxyl groups excluding tert-OH is 1. The fraction of sp³-hybridized carbons (Fsp3) is 0.250. The van der Waals surface area contributed by atoms with Gasteiger partial charge in [0.05, 0.1) is 14.2 Å². The number of amides is 1. The van der Waals surface area contributed by atoms with Crippen molar-refractivity contribution in [1.82, 2.24) is 10.3 Å². The van der Waals surface area contributed by atoms with E-state index in [1.54, 1.807) is 24.3 Å². The van der Waals surface area contributed by atoms with Crippen LogP contribution in [0.25, 0.3) is 0 Å². The van der Waals surface area contributed by atoms with E-state index in [2.05, 4.69) is 10.3 Å². The largest absolute Gasteiger partial charge is 0.497 e. The molecular weight excluding hydrogens is 300 g/mol. The summed E-state index contributed by atoms with van der Waals surface area (Å²) in [6.07, 6.45) is 0.432. The molecule has 0 aliphatic rings. The molecule has 0 radical (unpaired) electrons. The molecule has 1 aromatic heterocycles. The number of benzene rings is 1. The summed E-state index contributed by atoms with van der Waals surface area (Å²) in [5, 5.41) is 12.8. The van der Waals surface area contributed by atoms with Gasteiger partial charge in [-0.25, -0.2) is 0 Å². The Kier molecular flexibility index (Phi) is 5.37. The van der Waals surface area contributed by atoms with Crippen molar-refractivity contribution in [3.8, 4) is 11.5 Å². The monoisotopic (exact) mass is 318 g/mol. The Balaban J connectivity index is 2.10. The van der Waals surface area contributed by atoms with Gasteiger partial charge in [0.1, 0.15) is 23.2 Å². The fourth-order valence-corrected chi connectivity index (χ4v) is 2.09. The van der Waals surface area contributed by atoms with Crippen molar-refractivity contribution in [3.05, 3.63) is 58.0 Å². The molecule has 7 nitrogen and oxygen atoms in total. The second-order valence-electron chi connectivity index (χ2n) is 4.75. The number of carbonyl (C=O) groups excluding carboxylic acids is 1. The molecule has 1 atom stereocenters. The first kappa shape index (κ1) is 16.6. The van der Waals surface area contributed by atoms with Crippen LogP contribution in [0, 0.1) is 0 Å². The zero-order chi connectivity index (χ0) is 16.8. The molecule has 0 spiro atoms. The van der Waals surface area contributed by atoms with E-state index in [4.69, 9.17) is 9.47 Å². The second-order valence-corrected chi connectivity index (χ2v) is 4.75. The molecule has 1 amide bonds. The topological polar surface area (TPSA) is 101 Å². The van der Waals surface area contributed by atoms with Gasteiger partial charge in [0.15, 0.2) is 0 Å². The lowest BCUT2D eigenvalue weighted by Gasteiger charge is -2.16. The minimum Gasteiger partial charge on any atom is -0.497 e. The highest BCUT2D eigenvalue weighted by Gasteiger charge is 2.17. The summed E-state index contributed by atoms with van der Waals surface area (Å²) in [7, 11) is 3.00. The zero-order valence-electron chi connectivity index (χ0n) is 12.8. The summed E-state index contributed by atoms with van der Waals surface area (Å²) in [5.74, 6) is 0.476. The molecule has 7 heteroatoms. The smallest absolute Gasteiger partial charge is 0.260 e.